The number of nitrogens with two attached hydrogens (primary N) is 1. The fourth-order valence-corrected chi connectivity index (χ4v) is 4.78. The Balaban J connectivity index is 1.86. The maximum Gasteiger partial charge on any atom is 0.350 e. The monoisotopic (exact) mass is 492 g/mol. The number of esters is 1. The summed E-state index contributed by atoms with van der Waals surface area (Å²) in [5.74, 6) is -1.47. The number of halogens is 1. The fraction of sp³-hybridized carbons (Fsp3) is 0.364. The molecule has 0 aliphatic rings. The molecule has 2 aromatic heterocycles. The Hall–Kier alpha value is -3.11. The van der Waals surface area contributed by atoms with E-state index in [1.54, 1.807) is 6.07 Å². The lowest BCUT2D eigenvalue weighted by Crippen LogP contribution is -2.43. The van der Waals surface area contributed by atoms with Gasteiger partial charge in [0.2, 0.25) is 0 Å². The van der Waals surface area contributed by atoms with Crippen molar-refractivity contribution >= 4 is 56.4 Å². The van der Waals surface area contributed by atoms with Crippen molar-refractivity contribution in [2.45, 2.75) is 39.7 Å². The maximum atomic E-state index is 13.0. The number of aromatic nitrogens is 2. The van der Waals surface area contributed by atoms with Gasteiger partial charge in [-0.05, 0) is 18.9 Å². The summed E-state index contributed by atoms with van der Waals surface area (Å²) in [6.45, 7) is 3.63. The van der Waals surface area contributed by atoms with Gasteiger partial charge in [-0.3, -0.25) is 19.1 Å². The Morgan fingerprint density at radius 1 is 1.21 bits per heavy atom. The Morgan fingerprint density at radius 2 is 1.94 bits per heavy atom. The van der Waals surface area contributed by atoms with Crippen molar-refractivity contribution in [3.05, 3.63) is 55.0 Å². The van der Waals surface area contributed by atoms with E-state index in [1.807, 2.05) is 32.0 Å². The first-order valence-corrected chi connectivity index (χ1v) is 11.8. The standard InChI is InChI=1S/C22H25ClN4O5S/c1-3-5-11-26(17-19(24)27(10-4-2)22(31)25-20(17)29)15(28)12-32-21(30)18-16(23)13-8-6-7-9-14(13)33-18/h6-9H,3-5,10-12,24H2,1-2H3,(H,25,29,31). The summed E-state index contributed by atoms with van der Waals surface area (Å²) in [5.41, 5.74) is 4.58. The number of carbonyl (C=O) groups is 2. The highest BCUT2D eigenvalue weighted by Crippen LogP contribution is 2.35. The number of fused-ring (bicyclic) bond motifs is 1. The molecule has 3 rings (SSSR count). The first-order valence-electron chi connectivity index (χ1n) is 10.6. The van der Waals surface area contributed by atoms with E-state index in [0.717, 1.165) is 16.5 Å². The highest BCUT2D eigenvalue weighted by Gasteiger charge is 2.26. The zero-order valence-corrected chi connectivity index (χ0v) is 19.9. The lowest BCUT2D eigenvalue weighted by molar-refractivity contribution is -0.121. The smallest absolute Gasteiger partial charge is 0.350 e. The number of nitrogens with one attached hydrogen (secondary N) is 1. The van der Waals surface area contributed by atoms with Crippen molar-refractivity contribution in [3.8, 4) is 0 Å². The molecule has 3 N–H and O–H groups in total. The Labute approximate surface area is 198 Å². The van der Waals surface area contributed by atoms with E-state index in [9.17, 15) is 19.2 Å². The number of benzene rings is 1. The average molecular weight is 493 g/mol. The maximum absolute atomic E-state index is 13.0. The van der Waals surface area contributed by atoms with Crippen molar-refractivity contribution in [2.24, 2.45) is 0 Å². The van der Waals surface area contributed by atoms with Crippen LogP contribution in [0, 0.1) is 0 Å². The van der Waals surface area contributed by atoms with Gasteiger partial charge in [-0.25, -0.2) is 9.59 Å². The molecule has 0 aliphatic heterocycles. The molecule has 33 heavy (non-hydrogen) atoms. The van der Waals surface area contributed by atoms with E-state index in [4.69, 9.17) is 22.1 Å². The number of carbonyl (C=O) groups excluding carboxylic acids is 2. The number of hydrogen-bond donors (Lipinski definition) is 2. The topological polar surface area (TPSA) is 127 Å². The number of thiophene rings is 1. The van der Waals surface area contributed by atoms with Crippen LogP contribution in [0.2, 0.25) is 5.02 Å². The molecule has 1 aromatic carbocycles. The summed E-state index contributed by atoms with van der Waals surface area (Å²) >= 11 is 7.49. The summed E-state index contributed by atoms with van der Waals surface area (Å²) in [7, 11) is 0. The second-order valence-corrected chi connectivity index (χ2v) is 8.79. The van der Waals surface area contributed by atoms with Gasteiger partial charge in [0, 0.05) is 23.2 Å². The Bertz CT molecular complexity index is 1300. The molecule has 0 atom stereocenters. The molecular weight excluding hydrogens is 468 g/mol. The number of H-pyrrole nitrogens is 1. The molecule has 9 nitrogen and oxygen atoms in total. The van der Waals surface area contributed by atoms with Crippen LogP contribution in [0.25, 0.3) is 10.1 Å². The van der Waals surface area contributed by atoms with Crippen LogP contribution in [0.15, 0.2) is 33.9 Å². The van der Waals surface area contributed by atoms with Gasteiger partial charge < -0.3 is 15.4 Å². The lowest BCUT2D eigenvalue weighted by atomic mass is 10.2. The minimum absolute atomic E-state index is 0.103. The summed E-state index contributed by atoms with van der Waals surface area (Å²) in [4.78, 5) is 53.9. The first kappa shape index (κ1) is 24.5. The number of nitrogen functional groups attached to an aromatic ring is 1. The number of rotatable bonds is 9. The van der Waals surface area contributed by atoms with Crippen LogP contribution in [0.4, 0.5) is 11.5 Å². The molecule has 0 aliphatic carbocycles. The number of aromatic amines is 1. The molecule has 0 fully saturated rings. The normalized spacial score (nSPS) is 11.0. The number of anilines is 2. The van der Waals surface area contributed by atoms with Crippen LogP contribution < -0.4 is 21.9 Å². The molecule has 1 amide bonds. The zero-order valence-electron chi connectivity index (χ0n) is 18.4. The third kappa shape index (κ3) is 5.12. The van der Waals surface area contributed by atoms with E-state index in [0.29, 0.717) is 12.8 Å². The molecule has 0 bridgehead atoms. The number of hydrogen-bond acceptors (Lipinski definition) is 7. The van der Waals surface area contributed by atoms with Crippen LogP contribution in [0.3, 0.4) is 0 Å². The molecule has 0 unspecified atom stereocenters. The minimum atomic E-state index is -0.770. The lowest BCUT2D eigenvalue weighted by Gasteiger charge is -2.24. The average Bonchev–Trinajstić information content (AvgIpc) is 3.13. The number of nitrogens with zero attached hydrogens (tertiary/aromatic N) is 2. The van der Waals surface area contributed by atoms with Crippen molar-refractivity contribution in [2.75, 3.05) is 23.8 Å². The Kier molecular flexibility index (Phi) is 7.93. The van der Waals surface area contributed by atoms with E-state index < -0.39 is 29.7 Å². The molecule has 176 valence electrons. The van der Waals surface area contributed by atoms with Gasteiger partial charge in [-0.2, -0.15) is 0 Å². The Morgan fingerprint density at radius 3 is 2.61 bits per heavy atom. The third-order valence-corrected chi connectivity index (χ3v) is 6.67. The second kappa shape index (κ2) is 10.7. The van der Waals surface area contributed by atoms with Crippen molar-refractivity contribution in [1.29, 1.82) is 0 Å². The number of ether oxygens (including phenoxy) is 1. The summed E-state index contributed by atoms with van der Waals surface area (Å²) in [6, 6.07) is 7.27. The highest BCUT2D eigenvalue weighted by molar-refractivity contribution is 7.21. The van der Waals surface area contributed by atoms with E-state index in [-0.39, 0.29) is 34.5 Å². The van der Waals surface area contributed by atoms with Crippen LogP contribution in [-0.4, -0.2) is 34.6 Å². The molecule has 2 heterocycles. The highest BCUT2D eigenvalue weighted by atomic mass is 35.5. The zero-order chi connectivity index (χ0) is 24.1. The van der Waals surface area contributed by atoms with Crippen molar-refractivity contribution in [1.82, 2.24) is 9.55 Å². The van der Waals surface area contributed by atoms with Gasteiger partial charge in [-0.15, -0.1) is 11.3 Å². The van der Waals surface area contributed by atoms with Gasteiger partial charge in [-0.1, -0.05) is 50.1 Å². The van der Waals surface area contributed by atoms with Gasteiger partial charge in [0.1, 0.15) is 10.7 Å². The molecular formula is C22H25ClN4O5S. The number of unbranched alkanes of at least 4 members (excludes halogenated alkanes) is 1. The van der Waals surface area contributed by atoms with Crippen LogP contribution in [0.1, 0.15) is 42.8 Å². The van der Waals surface area contributed by atoms with E-state index in [2.05, 4.69) is 4.98 Å². The SMILES string of the molecule is CCCCN(C(=O)COC(=O)c1sc2ccccc2c1Cl)c1c(N)n(CCC)c(=O)[nH]c1=O. The van der Waals surface area contributed by atoms with Gasteiger partial charge in [0.25, 0.3) is 11.5 Å². The molecule has 0 saturated carbocycles. The van der Waals surface area contributed by atoms with Gasteiger partial charge in [0.15, 0.2) is 12.3 Å². The molecule has 0 radical (unpaired) electrons. The molecule has 0 spiro atoms. The van der Waals surface area contributed by atoms with Gasteiger partial charge >= 0.3 is 11.7 Å². The molecule has 0 saturated heterocycles. The van der Waals surface area contributed by atoms with Crippen LogP contribution >= 0.6 is 22.9 Å². The molecule has 11 heteroatoms. The van der Waals surface area contributed by atoms with Crippen molar-refractivity contribution < 1.29 is 14.3 Å². The summed E-state index contributed by atoms with van der Waals surface area (Å²) in [6.07, 6.45) is 1.92. The first-order chi connectivity index (χ1) is 15.8. The van der Waals surface area contributed by atoms with E-state index in [1.165, 1.54) is 20.8 Å². The predicted octanol–water partition coefficient (Wildman–Crippen LogP) is 3.39. The molecule has 3 aromatic rings. The summed E-state index contributed by atoms with van der Waals surface area (Å²) < 4.78 is 7.27. The van der Waals surface area contributed by atoms with Crippen LogP contribution in [-0.2, 0) is 16.1 Å². The largest absolute Gasteiger partial charge is 0.451 e. The quantitative estimate of drug-likeness (QED) is 0.441. The number of amides is 1. The van der Waals surface area contributed by atoms with Gasteiger partial charge in [0.05, 0.1) is 5.02 Å². The third-order valence-electron chi connectivity index (χ3n) is 5.01. The fourth-order valence-electron chi connectivity index (χ4n) is 3.38. The predicted molar refractivity (Wildman–Crippen MR) is 130 cm³/mol. The minimum Gasteiger partial charge on any atom is -0.451 e. The van der Waals surface area contributed by atoms with Crippen molar-refractivity contribution in [3.63, 3.8) is 0 Å². The van der Waals surface area contributed by atoms with E-state index >= 15 is 0 Å². The van der Waals surface area contributed by atoms with Crippen LogP contribution in [0.5, 0.6) is 0 Å². The second-order valence-electron chi connectivity index (χ2n) is 7.36. The summed E-state index contributed by atoms with van der Waals surface area (Å²) in [5, 5.41) is 0.993.